The van der Waals surface area contributed by atoms with E-state index in [-0.39, 0.29) is 17.5 Å². The minimum absolute atomic E-state index is 0.124. The zero-order chi connectivity index (χ0) is 16.2. The standard InChI is InChI=1S/C15H21F3N2O/c1-4-10(5-2)9(3)20-14(21)11-7-6-8-12(13(11)19)15(16,17)18/h6-10H,4-5,19H2,1-3H3,(H,20,21). The van der Waals surface area contributed by atoms with Crippen molar-refractivity contribution >= 4 is 11.6 Å². The van der Waals surface area contributed by atoms with Gasteiger partial charge in [-0.2, -0.15) is 13.2 Å². The average Bonchev–Trinajstić information content (AvgIpc) is 2.38. The number of carbonyl (C=O) groups excluding carboxylic acids is 1. The average molecular weight is 302 g/mol. The Morgan fingerprint density at radius 1 is 1.29 bits per heavy atom. The molecule has 1 amide bonds. The molecule has 21 heavy (non-hydrogen) atoms. The molecule has 6 heteroatoms. The van der Waals surface area contributed by atoms with Crippen LogP contribution in [0.4, 0.5) is 18.9 Å². The largest absolute Gasteiger partial charge is 0.418 e. The van der Waals surface area contributed by atoms with Gasteiger partial charge in [0.15, 0.2) is 0 Å². The summed E-state index contributed by atoms with van der Waals surface area (Å²) in [5.74, 6) is -0.293. The number of benzene rings is 1. The lowest BCUT2D eigenvalue weighted by Gasteiger charge is -2.23. The van der Waals surface area contributed by atoms with Crippen LogP contribution in [0.2, 0.25) is 0 Å². The van der Waals surface area contributed by atoms with Gasteiger partial charge >= 0.3 is 6.18 Å². The molecule has 1 aromatic rings. The van der Waals surface area contributed by atoms with E-state index in [2.05, 4.69) is 5.32 Å². The summed E-state index contributed by atoms with van der Waals surface area (Å²) in [5.41, 5.74) is 3.86. The highest BCUT2D eigenvalue weighted by molar-refractivity contribution is 6.00. The van der Waals surface area contributed by atoms with Gasteiger partial charge < -0.3 is 11.1 Å². The highest BCUT2D eigenvalue weighted by Crippen LogP contribution is 2.34. The van der Waals surface area contributed by atoms with Crippen molar-refractivity contribution in [2.45, 2.75) is 45.8 Å². The predicted octanol–water partition coefficient (Wildman–Crippen LogP) is 3.84. The Kier molecular flexibility index (Phi) is 5.63. The van der Waals surface area contributed by atoms with Crippen molar-refractivity contribution in [1.82, 2.24) is 5.32 Å². The van der Waals surface area contributed by atoms with E-state index >= 15 is 0 Å². The van der Waals surface area contributed by atoms with Crippen molar-refractivity contribution in [2.24, 2.45) is 5.92 Å². The van der Waals surface area contributed by atoms with Crippen LogP contribution in [0, 0.1) is 5.92 Å². The Labute approximate surface area is 122 Å². The molecular formula is C15H21F3N2O. The first-order valence-electron chi connectivity index (χ1n) is 6.98. The van der Waals surface area contributed by atoms with Gasteiger partial charge in [0.1, 0.15) is 0 Å². The number of para-hydroxylation sites is 1. The monoisotopic (exact) mass is 302 g/mol. The molecule has 0 aliphatic rings. The van der Waals surface area contributed by atoms with Gasteiger partial charge in [0, 0.05) is 6.04 Å². The molecule has 0 fully saturated rings. The number of rotatable bonds is 5. The van der Waals surface area contributed by atoms with E-state index in [0.29, 0.717) is 0 Å². The molecule has 0 bridgehead atoms. The number of hydrogen-bond acceptors (Lipinski definition) is 2. The van der Waals surface area contributed by atoms with Gasteiger partial charge in [-0.25, -0.2) is 0 Å². The fourth-order valence-electron chi connectivity index (χ4n) is 2.41. The third kappa shape index (κ3) is 4.12. The summed E-state index contributed by atoms with van der Waals surface area (Å²) in [4.78, 5) is 12.1. The Bertz CT molecular complexity index is 496. The zero-order valence-electron chi connectivity index (χ0n) is 12.4. The Balaban J connectivity index is 2.99. The molecule has 0 radical (unpaired) electrons. The second kappa shape index (κ2) is 6.83. The number of amides is 1. The number of nitrogens with two attached hydrogens (primary N) is 1. The molecule has 118 valence electrons. The fourth-order valence-corrected chi connectivity index (χ4v) is 2.41. The molecule has 0 aliphatic heterocycles. The minimum Gasteiger partial charge on any atom is -0.398 e. The third-order valence-electron chi connectivity index (χ3n) is 3.77. The van der Waals surface area contributed by atoms with Gasteiger partial charge in [-0.1, -0.05) is 32.8 Å². The molecule has 0 saturated heterocycles. The van der Waals surface area contributed by atoms with Crippen LogP contribution in [-0.2, 0) is 6.18 Å². The van der Waals surface area contributed by atoms with Gasteiger partial charge in [0.05, 0.1) is 16.8 Å². The van der Waals surface area contributed by atoms with Crippen molar-refractivity contribution in [2.75, 3.05) is 5.73 Å². The lowest BCUT2D eigenvalue weighted by molar-refractivity contribution is -0.136. The SMILES string of the molecule is CCC(CC)C(C)NC(=O)c1cccc(C(F)(F)F)c1N. The maximum absolute atomic E-state index is 12.8. The first-order valence-corrected chi connectivity index (χ1v) is 6.98. The van der Waals surface area contributed by atoms with Gasteiger partial charge in [-0.05, 0) is 25.0 Å². The minimum atomic E-state index is -4.57. The molecule has 1 aromatic carbocycles. The van der Waals surface area contributed by atoms with Crippen LogP contribution in [0.15, 0.2) is 18.2 Å². The molecular weight excluding hydrogens is 281 g/mol. The normalized spacial score (nSPS) is 13.3. The van der Waals surface area contributed by atoms with Crippen molar-refractivity contribution in [3.8, 4) is 0 Å². The maximum Gasteiger partial charge on any atom is 0.418 e. The summed E-state index contributed by atoms with van der Waals surface area (Å²) in [7, 11) is 0. The molecule has 1 atom stereocenters. The number of alkyl halides is 3. The van der Waals surface area contributed by atoms with Crippen molar-refractivity contribution < 1.29 is 18.0 Å². The molecule has 1 rings (SSSR count). The zero-order valence-corrected chi connectivity index (χ0v) is 12.4. The fraction of sp³-hybridized carbons (Fsp3) is 0.533. The Morgan fingerprint density at radius 3 is 2.33 bits per heavy atom. The number of halogens is 3. The number of nitrogens with one attached hydrogen (secondary N) is 1. The van der Waals surface area contributed by atoms with Crippen molar-refractivity contribution in [1.29, 1.82) is 0 Å². The first-order chi connectivity index (χ1) is 9.72. The Hall–Kier alpha value is -1.72. The molecule has 1 unspecified atom stereocenters. The van der Waals surface area contributed by atoms with Crippen LogP contribution in [0.25, 0.3) is 0 Å². The van der Waals surface area contributed by atoms with Crippen LogP contribution in [-0.4, -0.2) is 11.9 Å². The molecule has 3 nitrogen and oxygen atoms in total. The Morgan fingerprint density at radius 2 is 1.86 bits per heavy atom. The summed E-state index contributed by atoms with van der Waals surface area (Å²) in [6.07, 6.45) is -2.80. The molecule has 0 aromatic heterocycles. The second-order valence-corrected chi connectivity index (χ2v) is 5.10. The highest BCUT2D eigenvalue weighted by Gasteiger charge is 2.34. The van der Waals surface area contributed by atoms with Crippen molar-refractivity contribution in [3.63, 3.8) is 0 Å². The molecule has 3 N–H and O–H groups in total. The maximum atomic E-state index is 12.8. The molecule has 0 aliphatic carbocycles. The van der Waals surface area contributed by atoms with Crippen LogP contribution in [0.3, 0.4) is 0 Å². The summed E-state index contributed by atoms with van der Waals surface area (Å²) >= 11 is 0. The van der Waals surface area contributed by atoms with Crippen molar-refractivity contribution in [3.05, 3.63) is 29.3 Å². The number of nitrogen functional groups attached to an aromatic ring is 1. The van der Waals surface area contributed by atoms with Crippen LogP contribution >= 0.6 is 0 Å². The van der Waals surface area contributed by atoms with E-state index in [1.165, 1.54) is 12.1 Å². The van der Waals surface area contributed by atoms with Gasteiger partial charge in [0.25, 0.3) is 5.91 Å². The highest BCUT2D eigenvalue weighted by atomic mass is 19.4. The van der Waals surface area contributed by atoms with Crippen LogP contribution in [0.1, 0.15) is 49.5 Å². The predicted molar refractivity (Wildman–Crippen MR) is 76.9 cm³/mol. The van der Waals surface area contributed by atoms with E-state index in [0.717, 1.165) is 18.9 Å². The van der Waals surface area contributed by atoms with Crippen LogP contribution in [0.5, 0.6) is 0 Å². The summed E-state index contributed by atoms with van der Waals surface area (Å²) in [5, 5.41) is 2.73. The lowest BCUT2D eigenvalue weighted by Crippen LogP contribution is -2.38. The smallest absolute Gasteiger partial charge is 0.398 e. The van der Waals surface area contributed by atoms with E-state index in [1.54, 1.807) is 0 Å². The van der Waals surface area contributed by atoms with E-state index < -0.39 is 23.3 Å². The summed E-state index contributed by atoms with van der Waals surface area (Å²) < 4.78 is 38.3. The van der Waals surface area contributed by atoms with Gasteiger partial charge in [-0.3, -0.25) is 4.79 Å². The molecule has 0 saturated carbocycles. The number of carbonyl (C=O) groups is 1. The quantitative estimate of drug-likeness (QED) is 0.812. The van der Waals surface area contributed by atoms with E-state index in [4.69, 9.17) is 5.73 Å². The van der Waals surface area contributed by atoms with Crippen LogP contribution < -0.4 is 11.1 Å². The molecule has 0 heterocycles. The summed E-state index contributed by atoms with van der Waals surface area (Å²) in [6.45, 7) is 5.87. The first kappa shape index (κ1) is 17.3. The van der Waals surface area contributed by atoms with Gasteiger partial charge in [0.2, 0.25) is 0 Å². The third-order valence-corrected chi connectivity index (χ3v) is 3.77. The van der Waals surface area contributed by atoms with E-state index in [1.807, 2.05) is 20.8 Å². The number of hydrogen-bond donors (Lipinski definition) is 2. The molecule has 0 spiro atoms. The van der Waals surface area contributed by atoms with Gasteiger partial charge in [-0.15, -0.1) is 0 Å². The second-order valence-electron chi connectivity index (χ2n) is 5.10. The number of anilines is 1. The summed E-state index contributed by atoms with van der Waals surface area (Å²) in [6, 6.07) is 3.24. The van der Waals surface area contributed by atoms with E-state index in [9.17, 15) is 18.0 Å². The topological polar surface area (TPSA) is 55.1 Å². The lowest BCUT2D eigenvalue weighted by atomic mass is 9.95.